The zero-order valence-corrected chi connectivity index (χ0v) is 22.7. The number of carbonyl (C=O) groups is 1. The summed E-state index contributed by atoms with van der Waals surface area (Å²) >= 11 is 3.51. The highest BCUT2D eigenvalue weighted by Gasteiger charge is 2.30. The number of fused-ring (bicyclic) bond motifs is 1. The highest BCUT2D eigenvalue weighted by Crippen LogP contribution is 2.35. The van der Waals surface area contributed by atoms with Gasteiger partial charge in [-0.15, -0.1) is 0 Å². The van der Waals surface area contributed by atoms with Gasteiger partial charge < -0.3 is 25.8 Å². The number of aliphatic hydroxyl groups is 1. The number of aliphatic hydroxyl groups excluding tert-OH is 1. The van der Waals surface area contributed by atoms with Gasteiger partial charge in [0.15, 0.2) is 0 Å². The van der Waals surface area contributed by atoms with Crippen molar-refractivity contribution in [2.75, 3.05) is 44.3 Å². The van der Waals surface area contributed by atoms with Crippen molar-refractivity contribution in [2.45, 2.75) is 44.4 Å². The Morgan fingerprint density at radius 1 is 1.19 bits per heavy atom. The number of hydrogen-bond donors (Lipinski definition) is 3. The predicted molar refractivity (Wildman–Crippen MR) is 150 cm³/mol. The zero-order chi connectivity index (χ0) is 25.9. The number of likely N-dealkylation sites (tertiary alicyclic amines) is 2. The van der Waals surface area contributed by atoms with E-state index in [2.05, 4.69) is 26.2 Å². The number of carbonyl (C=O) groups excluding carboxylic acids is 1. The molecule has 2 saturated heterocycles. The van der Waals surface area contributed by atoms with Crippen molar-refractivity contribution in [1.82, 2.24) is 14.8 Å². The summed E-state index contributed by atoms with van der Waals surface area (Å²) in [5, 5.41) is 16.8. The molecule has 0 aliphatic carbocycles. The number of halogens is 1. The Labute approximate surface area is 225 Å². The lowest BCUT2D eigenvalue weighted by molar-refractivity contribution is -0.0118. The molecule has 8 nitrogen and oxygen atoms in total. The smallest absolute Gasteiger partial charge is 0.256 e. The van der Waals surface area contributed by atoms with Gasteiger partial charge >= 0.3 is 0 Å². The SMILES string of the molecule is COc1cccc2cncc(C(O)N3CCC[C@@H](Nc4c(N)cc(Br)cc4C(=O)N4CCCCC4)C3)c12. The summed E-state index contributed by atoms with van der Waals surface area (Å²) in [4.78, 5) is 21.8. The van der Waals surface area contributed by atoms with Gasteiger partial charge in [-0.1, -0.05) is 28.1 Å². The topological polar surface area (TPSA) is 104 Å². The number of piperidine rings is 2. The van der Waals surface area contributed by atoms with Crippen LogP contribution in [-0.2, 0) is 0 Å². The van der Waals surface area contributed by atoms with Crippen LogP contribution < -0.4 is 15.8 Å². The molecule has 2 aromatic carbocycles. The summed E-state index contributed by atoms with van der Waals surface area (Å²) in [6.45, 7) is 2.90. The van der Waals surface area contributed by atoms with E-state index in [1.54, 1.807) is 19.5 Å². The molecule has 3 heterocycles. The van der Waals surface area contributed by atoms with Gasteiger partial charge in [-0.3, -0.25) is 14.7 Å². The monoisotopic (exact) mass is 567 g/mol. The van der Waals surface area contributed by atoms with E-state index in [0.29, 0.717) is 29.2 Å². The van der Waals surface area contributed by atoms with Gasteiger partial charge in [0.05, 0.1) is 24.0 Å². The summed E-state index contributed by atoms with van der Waals surface area (Å²) in [5.74, 6) is 0.723. The second-order valence-electron chi connectivity index (χ2n) is 9.91. The van der Waals surface area contributed by atoms with E-state index >= 15 is 0 Å². The van der Waals surface area contributed by atoms with Crippen LogP contribution in [-0.4, -0.2) is 65.1 Å². The Morgan fingerprint density at radius 2 is 2.00 bits per heavy atom. The zero-order valence-electron chi connectivity index (χ0n) is 21.1. The molecule has 1 amide bonds. The minimum absolute atomic E-state index is 0.0109. The van der Waals surface area contributed by atoms with Gasteiger partial charge in [-0.2, -0.15) is 0 Å². The van der Waals surface area contributed by atoms with E-state index in [-0.39, 0.29) is 11.9 Å². The lowest BCUT2D eigenvalue weighted by atomic mass is 10.00. The van der Waals surface area contributed by atoms with Crippen molar-refractivity contribution in [1.29, 1.82) is 0 Å². The van der Waals surface area contributed by atoms with Crippen molar-refractivity contribution < 1.29 is 14.6 Å². The third-order valence-electron chi connectivity index (χ3n) is 7.43. The van der Waals surface area contributed by atoms with Gasteiger partial charge in [-0.05, 0) is 50.3 Å². The Kier molecular flexibility index (Phi) is 7.83. The van der Waals surface area contributed by atoms with Crippen LogP contribution in [0, 0.1) is 0 Å². The first-order valence-electron chi connectivity index (χ1n) is 12.9. The quantitative estimate of drug-likeness (QED) is 0.368. The standard InChI is InChI=1S/C28H34BrN5O3/c1-37-24-9-5-7-18-15-31-16-22(25(18)24)28(36)34-12-6-8-20(17-34)32-26-21(13-19(29)14-23(26)30)27(35)33-10-3-2-4-11-33/h5,7,9,13-16,20,28,32,36H,2-4,6,8,10-12,17,30H2,1H3/t20-,28?/m1/s1. The molecule has 196 valence electrons. The van der Waals surface area contributed by atoms with Gasteiger partial charge in [0, 0.05) is 65.4 Å². The molecule has 2 aliphatic rings. The molecule has 1 unspecified atom stereocenters. The molecular formula is C28H34BrN5O3. The summed E-state index contributed by atoms with van der Waals surface area (Å²) in [6.07, 6.45) is 7.69. The van der Waals surface area contributed by atoms with Gasteiger partial charge in [0.1, 0.15) is 12.0 Å². The largest absolute Gasteiger partial charge is 0.496 e. The number of methoxy groups -OCH3 is 1. The first kappa shape index (κ1) is 25.8. The number of nitrogen functional groups attached to an aromatic ring is 1. The molecule has 3 aromatic rings. The summed E-state index contributed by atoms with van der Waals surface area (Å²) in [7, 11) is 1.64. The number of pyridine rings is 1. The predicted octanol–water partition coefficient (Wildman–Crippen LogP) is 4.78. The fourth-order valence-corrected chi connectivity index (χ4v) is 6.04. The van der Waals surface area contributed by atoms with E-state index in [9.17, 15) is 9.90 Å². The van der Waals surface area contributed by atoms with Crippen LogP contribution in [0.3, 0.4) is 0 Å². The molecule has 9 heteroatoms. The van der Waals surface area contributed by atoms with Crippen LogP contribution in [0.2, 0.25) is 0 Å². The molecule has 0 saturated carbocycles. The maximum Gasteiger partial charge on any atom is 0.256 e. The molecule has 0 radical (unpaired) electrons. The van der Waals surface area contributed by atoms with Gasteiger partial charge in [-0.25, -0.2) is 0 Å². The number of aromatic nitrogens is 1. The van der Waals surface area contributed by atoms with Crippen molar-refractivity contribution in [2.24, 2.45) is 0 Å². The fraction of sp³-hybridized carbons (Fsp3) is 0.429. The Morgan fingerprint density at radius 3 is 2.78 bits per heavy atom. The van der Waals surface area contributed by atoms with Crippen LogP contribution in [0.1, 0.15) is 54.3 Å². The Balaban J connectivity index is 1.39. The third kappa shape index (κ3) is 5.39. The van der Waals surface area contributed by atoms with Crippen molar-refractivity contribution in [3.05, 3.63) is 58.3 Å². The molecule has 0 spiro atoms. The van der Waals surface area contributed by atoms with Crippen LogP contribution in [0.25, 0.3) is 10.8 Å². The maximum atomic E-state index is 13.4. The van der Waals surface area contributed by atoms with Crippen LogP contribution in [0.15, 0.2) is 47.2 Å². The Bertz CT molecular complexity index is 1270. The molecule has 37 heavy (non-hydrogen) atoms. The van der Waals surface area contributed by atoms with Crippen LogP contribution in [0.5, 0.6) is 5.75 Å². The molecule has 0 bridgehead atoms. The average molecular weight is 569 g/mol. The number of nitrogens with one attached hydrogen (secondary N) is 1. The van der Waals surface area contributed by atoms with Gasteiger partial charge in [0.25, 0.3) is 5.91 Å². The number of hydrogen-bond acceptors (Lipinski definition) is 7. The van der Waals surface area contributed by atoms with E-state index in [0.717, 1.165) is 72.5 Å². The Hall–Kier alpha value is -2.88. The highest BCUT2D eigenvalue weighted by atomic mass is 79.9. The third-order valence-corrected chi connectivity index (χ3v) is 7.88. The van der Waals surface area contributed by atoms with E-state index in [4.69, 9.17) is 10.5 Å². The number of anilines is 2. The normalized spacial score (nSPS) is 19.5. The van der Waals surface area contributed by atoms with Crippen molar-refractivity contribution in [3.63, 3.8) is 0 Å². The molecule has 2 fully saturated rings. The second kappa shape index (κ2) is 11.2. The second-order valence-corrected chi connectivity index (χ2v) is 10.8. The number of benzene rings is 2. The first-order chi connectivity index (χ1) is 18.0. The van der Waals surface area contributed by atoms with E-state index < -0.39 is 6.23 Å². The number of ether oxygens (including phenoxy) is 1. The summed E-state index contributed by atoms with van der Waals surface area (Å²) in [6, 6.07) is 9.50. The molecule has 5 rings (SSSR count). The minimum atomic E-state index is -0.839. The van der Waals surface area contributed by atoms with Crippen molar-refractivity contribution >= 4 is 44.0 Å². The molecule has 2 aliphatic heterocycles. The lowest BCUT2D eigenvalue weighted by Gasteiger charge is -2.37. The average Bonchev–Trinajstić information content (AvgIpc) is 2.93. The maximum absolute atomic E-state index is 13.4. The molecule has 4 N–H and O–H groups in total. The van der Waals surface area contributed by atoms with Crippen LogP contribution >= 0.6 is 15.9 Å². The van der Waals surface area contributed by atoms with E-state index in [1.807, 2.05) is 40.1 Å². The van der Waals surface area contributed by atoms with Gasteiger partial charge in [0.2, 0.25) is 0 Å². The van der Waals surface area contributed by atoms with E-state index in [1.165, 1.54) is 0 Å². The molecule has 1 aromatic heterocycles. The summed E-state index contributed by atoms with van der Waals surface area (Å²) < 4.78 is 6.38. The van der Waals surface area contributed by atoms with Crippen molar-refractivity contribution in [3.8, 4) is 5.75 Å². The summed E-state index contributed by atoms with van der Waals surface area (Å²) in [5.41, 5.74) is 8.96. The van der Waals surface area contributed by atoms with Crippen LogP contribution in [0.4, 0.5) is 11.4 Å². The fourth-order valence-electron chi connectivity index (χ4n) is 5.57. The molecular weight excluding hydrogens is 534 g/mol. The number of rotatable bonds is 6. The molecule has 2 atom stereocenters. The minimum Gasteiger partial charge on any atom is -0.496 e. The first-order valence-corrected chi connectivity index (χ1v) is 13.7. The number of nitrogens with zero attached hydrogens (tertiary/aromatic N) is 3. The lowest BCUT2D eigenvalue weighted by Crippen LogP contribution is -2.44. The highest BCUT2D eigenvalue weighted by molar-refractivity contribution is 9.10. The number of amides is 1. The number of nitrogens with two attached hydrogens (primary N) is 1.